The second-order valence-corrected chi connectivity index (χ2v) is 3.12. The lowest BCUT2D eigenvalue weighted by Crippen LogP contribution is -2.03. The summed E-state index contributed by atoms with van der Waals surface area (Å²) in [5.74, 6) is -1.12. The maximum atomic E-state index is 10.6. The third-order valence-electron chi connectivity index (χ3n) is 1.92. The van der Waals surface area contributed by atoms with Crippen LogP contribution in [0.25, 0.3) is 0 Å². The summed E-state index contributed by atoms with van der Waals surface area (Å²) in [6, 6.07) is 2.04. The van der Waals surface area contributed by atoms with Gasteiger partial charge in [-0.2, -0.15) is 10.4 Å². The Morgan fingerprint density at radius 3 is 2.93 bits per heavy atom. The summed E-state index contributed by atoms with van der Waals surface area (Å²) in [6.45, 7) is 0.582. The fourth-order valence-electron chi connectivity index (χ4n) is 1.20. The number of aryl methyl sites for hydroxylation is 1. The van der Waals surface area contributed by atoms with Crippen molar-refractivity contribution >= 4 is 11.7 Å². The first-order chi connectivity index (χ1) is 7.15. The van der Waals surface area contributed by atoms with Gasteiger partial charge in [0.1, 0.15) is 0 Å². The van der Waals surface area contributed by atoms with E-state index in [0.29, 0.717) is 13.0 Å². The van der Waals surface area contributed by atoms with Gasteiger partial charge >= 0.3 is 5.97 Å². The van der Waals surface area contributed by atoms with Crippen LogP contribution in [0, 0.1) is 11.3 Å². The van der Waals surface area contributed by atoms with Gasteiger partial charge in [0.05, 0.1) is 11.8 Å². The molecule has 1 rings (SSSR count). The predicted octanol–water partition coefficient (Wildman–Crippen LogP) is 0.857. The van der Waals surface area contributed by atoms with E-state index in [-0.39, 0.29) is 11.4 Å². The molecule has 1 heterocycles. The van der Waals surface area contributed by atoms with Gasteiger partial charge in [0.2, 0.25) is 0 Å². The number of nitriles is 1. The summed E-state index contributed by atoms with van der Waals surface area (Å²) in [5.41, 5.74) is 5.51. The van der Waals surface area contributed by atoms with Crippen molar-refractivity contribution < 1.29 is 9.90 Å². The molecule has 0 radical (unpaired) electrons. The largest absolute Gasteiger partial charge is 0.476 e. The SMILES string of the molecule is N#CCCCCn1cc(N)c(C(=O)O)n1. The van der Waals surface area contributed by atoms with Crippen molar-refractivity contribution in [3.8, 4) is 6.07 Å². The molecule has 0 amide bonds. The average molecular weight is 208 g/mol. The zero-order chi connectivity index (χ0) is 11.3. The number of nitrogens with zero attached hydrogens (tertiary/aromatic N) is 3. The van der Waals surface area contributed by atoms with E-state index in [2.05, 4.69) is 5.10 Å². The second-order valence-electron chi connectivity index (χ2n) is 3.12. The number of rotatable bonds is 5. The van der Waals surface area contributed by atoms with Crippen molar-refractivity contribution in [1.29, 1.82) is 5.26 Å². The summed E-state index contributed by atoms with van der Waals surface area (Å²) < 4.78 is 1.50. The van der Waals surface area contributed by atoms with Crippen molar-refractivity contribution in [3.63, 3.8) is 0 Å². The van der Waals surface area contributed by atoms with Crippen LogP contribution >= 0.6 is 0 Å². The molecule has 0 saturated carbocycles. The fourth-order valence-corrected chi connectivity index (χ4v) is 1.20. The van der Waals surface area contributed by atoms with E-state index >= 15 is 0 Å². The predicted molar refractivity (Wildman–Crippen MR) is 53.1 cm³/mol. The van der Waals surface area contributed by atoms with Crippen LogP contribution in [0.15, 0.2) is 6.20 Å². The number of carboxylic acids is 1. The molecule has 0 aliphatic rings. The maximum absolute atomic E-state index is 10.6. The van der Waals surface area contributed by atoms with Crippen LogP contribution in [0.1, 0.15) is 29.8 Å². The molecule has 3 N–H and O–H groups in total. The Morgan fingerprint density at radius 2 is 2.40 bits per heavy atom. The minimum Gasteiger partial charge on any atom is -0.476 e. The molecule has 0 saturated heterocycles. The Morgan fingerprint density at radius 1 is 1.67 bits per heavy atom. The maximum Gasteiger partial charge on any atom is 0.358 e. The highest BCUT2D eigenvalue weighted by Crippen LogP contribution is 2.09. The number of aromatic nitrogens is 2. The van der Waals surface area contributed by atoms with Crippen LogP contribution in [0.2, 0.25) is 0 Å². The van der Waals surface area contributed by atoms with Crippen LogP contribution in [0.4, 0.5) is 5.69 Å². The highest BCUT2D eigenvalue weighted by atomic mass is 16.4. The number of hydrogen-bond donors (Lipinski definition) is 2. The molecule has 0 bridgehead atoms. The minimum atomic E-state index is -1.12. The molecule has 1 aromatic rings. The molecule has 1 aromatic heterocycles. The van der Waals surface area contributed by atoms with E-state index in [4.69, 9.17) is 16.1 Å². The number of carbonyl (C=O) groups is 1. The number of unbranched alkanes of at least 4 members (excludes halogenated alkanes) is 2. The van der Waals surface area contributed by atoms with Gasteiger partial charge in [0, 0.05) is 19.2 Å². The lowest BCUT2D eigenvalue weighted by atomic mass is 10.2. The number of anilines is 1. The van der Waals surface area contributed by atoms with Crippen molar-refractivity contribution in [3.05, 3.63) is 11.9 Å². The van der Waals surface area contributed by atoms with E-state index in [1.54, 1.807) is 0 Å². The number of hydrogen-bond acceptors (Lipinski definition) is 4. The minimum absolute atomic E-state index is 0.115. The zero-order valence-electron chi connectivity index (χ0n) is 8.18. The van der Waals surface area contributed by atoms with Crippen LogP contribution in [-0.4, -0.2) is 20.9 Å². The zero-order valence-corrected chi connectivity index (χ0v) is 8.18. The highest BCUT2D eigenvalue weighted by Gasteiger charge is 2.12. The summed E-state index contributed by atoms with van der Waals surface area (Å²) in [6.07, 6.45) is 3.56. The monoisotopic (exact) mass is 208 g/mol. The highest BCUT2D eigenvalue weighted by molar-refractivity contribution is 5.91. The molecule has 0 unspecified atom stereocenters. The van der Waals surface area contributed by atoms with Crippen LogP contribution < -0.4 is 5.73 Å². The number of nitrogens with two attached hydrogens (primary N) is 1. The summed E-state index contributed by atoms with van der Waals surface area (Å²) in [7, 11) is 0. The van der Waals surface area contributed by atoms with Crippen LogP contribution in [-0.2, 0) is 6.54 Å². The molecule has 15 heavy (non-hydrogen) atoms. The Hall–Kier alpha value is -2.03. The van der Waals surface area contributed by atoms with Gasteiger partial charge in [-0.05, 0) is 12.8 Å². The molecule has 6 nitrogen and oxygen atoms in total. The van der Waals surface area contributed by atoms with E-state index < -0.39 is 5.97 Å². The molecule has 0 atom stereocenters. The third-order valence-corrected chi connectivity index (χ3v) is 1.92. The first-order valence-electron chi connectivity index (χ1n) is 4.58. The number of nitrogen functional groups attached to an aromatic ring is 1. The quantitative estimate of drug-likeness (QED) is 0.698. The molecule has 80 valence electrons. The van der Waals surface area contributed by atoms with Crippen LogP contribution in [0.3, 0.4) is 0 Å². The molecule has 0 aliphatic heterocycles. The van der Waals surface area contributed by atoms with Gasteiger partial charge in [0.25, 0.3) is 0 Å². The van der Waals surface area contributed by atoms with E-state index in [9.17, 15) is 4.79 Å². The van der Waals surface area contributed by atoms with Gasteiger partial charge in [-0.15, -0.1) is 0 Å². The smallest absolute Gasteiger partial charge is 0.358 e. The van der Waals surface area contributed by atoms with Crippen molar-refractivity contribution in [2.24, 2.45) is 0 Å². The normalized spacial score (nSPS) is 9.80. The van der Waals surface area contributed by atoms with E-state index in [1.807, 2.05) is 6.07 Å². The molecule has 6 heteroatoms. The molecule has 0 spiro atoms. The van der Waals surface area contributed by atoms with Gasteiger partial charge in [-0.1, -0.05) is 0 Å². The summed E-state index contributed by atoms with van der Waals surface area (Å²) >= 11 is 0. The molecule has 0 fully saturated rings. The average Bonchev–Trinajstić information content (AvgIpc) is 2.55. The standard InChI is InChI=1S/C9H12N4O2/c10-4-2-1-3-5-13-6-7(11)8(12-13)9(14)15/h6H,1-3,5,11H2,(H,14,15). The molecular weight excluding hydrogens is 196 g/mol. The molecule has 0 aromatic carbocycles. The van der Waals surface area contributed by atoms with Crippen molar-refractivity contribution in [2.75, 3.05) is 5.73 Å². The molecular formula is C9H12N4O2. The lowest BCUT2D eigenvalue weighted by Gasteiger charge is -1.97. The van der Waals surface area contributed by atoms with E-state index in [0.717, 1.165) is 12.8 Å². The first kappa shape index (κ1) is 11.0. The first-order valence-corrected chi connectivity index (χ1v) is 4.58. The van der Waals surface area contributed by atoms with Crippen molar-refractivity contribution in [1.82, 2.24) is 9.78 Å². The van der Waals surface area contributed by atoms with Gasteiger partial charge in [-0.25, -0.2) is 4.79 Å². The van der Waals surface area contributed by atoms with Crippen molar-refractivity contribution in [2.45, 2.75) is 25.8 Å². The molecule has 0 aliphatic carbocycles. The van der Waals surface area contributed by atoms with Crippen LogP contribution in [0.5, 0.6) is 0 Å². The Labute approximate surface area is 86.9 Å². The van der Waals surface area contributed by atoms with Gasteiger partial charge < -0.3 is 10.8 Å². The Bertz CT molecular complexity index is 391. The van der Waals surface area contributed by atoms with Gasteiger partial charge in [-0.3, -0.25) is 4.68 Å². The third kappa shape index (κ3) is 2.98. The number of carboxylic acid groups (broad SMARTS) is 1. The lowest BCUT2D eigenvalue weighted by molar-refractivity contribution is 0.0690. The Kier molecular flexibility index (Phi) is 3.68. The number of aromatic carboxylic acids is 1. The van der Waals surface area contributed by atoms with E-state index in [1.165, 1.54) is 10.9 Å². The summed E-state index contributed by atoms with van der Waals surface area (Å²) in [4.78, 5) is 10.6. The van der Waals surface area contributed by atoms with Gasteiger partial charge in [0.15, 0.2) is 5.69 Å². The topological polar surface area (TPSA) is 105 Å². The Balaban J connectivity index is 2.53. The summed E-state index contributed by atoms with van der Waals surface area (Å²) in [5, 5.41) is 20.8. The fraction of sp³-hybridized carbons (Fsp3) is 0.444. The second kappa shape index (κ2) is 5.00.